The molecule has 0 spiro atoms. The maximum Gasteiger partial charge on any atom is 0.171 e. The van der Waals surface area contributed by atoms with Crippen LogP contribution < -0.4 is 5.32 Å². The standard InChI is InChI=1S/C9H8BrN3S/c1-11-8-2-3-12-9(13-8)7-4-6(10)5-14-7/h2-5H,1H3,(H,11,12,13). The third-order valence-corrected chi connectivity index (χ3v) is 3.39. The van der Waals surface area contributed by atoms with Gasteiger partial charge in [-0.1, -0.05) is 0 Å². The third kappa shape index (κ3) is 1.93. The molecule has 0 fully saturated rings. The number of nitrogens with one attached hydrogen (secondary N) is 1. The van der Waals surface area contributed by atoms with Crippen molar-refractivity contribution in [1.82, 2.24) is 9.97 Å². The highest BCUT2D eigenvalue weighted by atomic mass is 79.9. The van der Waals surface area contributed by atoms with Gasteiger partial charge in [0.05, 0.1) is 4.88 Å². The van der Waals surface area contributed by atoms with Crippen molar-refractivity contribution < 1.29 is 0 Å². The van der Waals surface area contributed by atoms with Crippen LogP contribution in [0.5, 0.6) is 0 Å². The van der Waals surface area contributed by atoms with E-state index in [1.807, 2.05) is 24.6 Å². The lowest BCUT2D eigenvalue weighted by Crippen LogP contribution is -1.94. The fourth-order valence-electron chi connectivity index (χ4n) is 1.05. The Labute approximate surface area is 94.4 Å². The molecule has 0 aliphatic rings. The zero-order valence-corrected chi connectivity index (χ0v) is 9.89. The molecule has 0 aliphatic heterocycles. The maximum absolute atomic E-state index is 4.34. The van der Waals surface area contributed by atoms with Crippen LogP contribution in [-0.2, 0) is 0 Å². The number of aromatic nitrogens is 2. The summed E-state index contributed by atoms with van der Waals surface area (Å²) in [4.78, 5) is 9.62. The summed E-state index contributed by atoms with van der Waals surface area (Å²) in [5.74, 6) is 1.59. The normalized spacial score (nSPS) is 10.1. The molecule has 2 aromatic heterocycles. The van der Waals surface area contributed by atoms with Gasteiger partial charge in [0, 0.05) is 23.1 Å². The summed E-state index contributed by atoms with van der Waals surface area (Å²) in [6.45, 7) is 0. The van der Waals surface area contributed by atoms with Crippen LogP contribution in [0, 0.1) is 0 Å². The van der Waals surface area contributed by atoms with E-state index in [0.717, 1.165) is 21.0 Å². The average molecular weight is 270 g/mol. The first-order valence-electron chi connectivity index (χ1n) is 4.05. The van der Waals surface area contributed by atoms with Crippen LogP contribution in [0.15, 0.2) is 28.2 Å². The number of rotatable bonds is 2. The van der Waals surface area contributed by atoms with Crippen molar-refractivity contribution in [2.24, 2.45) is 0 Å². The van der Waals surface area contributed by atoms with Crippen LogP contribution in [0.2, 0.25) is 0 Å². The molecular formula is C9H8BrN3S. The predicted octanol–water partition coefficient (Wildman–Crippen LogP) is 3.01. The zero-order valence-electron chi connectivity index (χ0n) is 7.49. The first kappa shape index (κ1) is 9.61. The second-order valence-corrected chi connectivity index (χ2v) is 4.47. The molecule has 0 saturated carbocycles. The van der Waals surface area contributed by atoms with Crippen molar-refractivity contribution in [2.75, 3.05) is 12.4 Å². The topological polar surface area (TPSA) is 37.8 Å². The Morgan fingerprint density at radius 1 is 1.50 bits per heavy atom. The Bertz CT molecular complexity index is 441. The molecule has 2 rings (SSSR count). The molecule has 2 aromatic rings. The fourth-order valence-corrected chi connectivity index (χ4v) is 2.41. The van der Waals surface area contributed by atoms with Crippen molar-refractivity contribution in [2.45, 2.75) is 0 Å². The fraction of sp³-hybridized carbons (Fsp3) is 0.111. The molecule has 0 aromatic carbocycles. The van der Waals surface area contributed by atoms with Gasteiger partial charge in [-0.05, 0) is 28.1 Å². The van der Waals surface area contributed by atoms with Gasteiger partial charge in [0.2, 0.25) is 0 Å². The van der Waals surface area contributed by atoms with Gasteiger partial charge in [-0.3, -0.25) is 0 Å². The van der Waals surface area contributed by atoms with E-state index >= 15 is 0 Å². The molecule has 5 heteroatoms. The summed E-state index contributed by atoms with van der Waals surface area (Å²) in [5.41, 5.74) is 0. The van der Waals surface area contributed by atoms with E-state index in [1.54, 1.807) is 17.5 Å². The Morgan fingerprint density at radius 2 is 2.36 bits per heavy atom. The van der Waals surface area contributed by atoms with E-state index in [4.69, 9.17) is 0 Å². The lowest BCUT2D eigenvalue weighted by atomic mass is 10.4. The third-order valence-electron chi connectivity index (χ3n) is 1.70. The van der Waals surface area contributed by atoms with Gasteiger partial charge < -0.3 is 5.32 Å². The monoisotopic (exact) mass is 269 g/mol. The van der Waals surface area contributed by atoms with Crippen molar-refractivity contribution in [3.8, 4) is 10.7 Å². The Morgan fingerprint density at radius 3 is 3.00 bits per heavy atom. The minimum Gasteiger partial charge on any atom is -0.373 e. The van der Waals surface area contributed by atoms with E-state index < -0.39 is 0 Å². The second-order valence-electron chi connectivity index (χ2n) is 2.64. The van der Waals surface area contributed by atoms with E-state index in [2.05, 4.69) is 31.2 Å². The predicted molar refractivity (Wildman–Crippen MR) is 62.6 cm³/mol. The summed E-state index contributed by atoms with van der Waals surface area (Å²) >= 11 is 5.03. The first-order valence-corrected chi connectivity index (χ1v) is 5.72. The van der Waals surface area contributed by atoms with Gasteiger partial charge in [0.1, 0.15) is 5.82 Å². The van der Waals surface area contributed by atoms with Crippen molar-refractivity contribution in [1.29, 1.82) is 0 Å². The van der Waals surface area contributed by atoms with Crippen LogP contribution >= 0.6 is 27.3 Å². The van der Waals surface area contributed by atoms with E-state index in [-0.39, 0.29) is 0 Å². The quantitative estimate of drug-likeness (QED) is 0.911. The van der Waals surface area contributed by atoms with Gasteiger partial charge >= 0.3 is 0 Å². The molecule has 0 aliphatic carbocycles. The number of anilines is 1. The number of halogens is 1. The molecule has 0 bridgehead atoms. The van der Waals surface area contributed by atoms with E-state index in [1.165, 1.54) is 0 Å². The molecule has 72 valence electrons. The van der Waals surface area contributed by atoms with Crippen molar-refractivity contribution in [3.05, 3.63) is 28.2 Å². The maximum atomic E-state index is 4.34. The van der Waals surface area contributed by atoms with Gasteiger partial charge in [-0.25, -0.2) is 9.97 Å². The summed E-state index contributed by atoms with van der Waals surface area (Å²) in [7, 11) is 1.84. The van der Waals surface area contributed by atoms with E-state index in [0.29, 0.717) is 0 Å². The molecule has 1 N–H and O–H groups in total. The largest absolute Gasteiger partial charge is 0.373 e. The number of nitrogens with zero attached hydrogens (tertiary/aromatic N) is 2. The van der Waals surface area contributed by atoms with Crippen LogP contribution in [0.4, 0.5) is 5.82 Å². The average Bonchev–Trinajstić information content (AvgIpc) is 2.65. The van der Waals surface area contributed by atoms with Crippen molar-refractivity contribution in [3.63, 3.8) is 0 Å². The molecule has 0 unspecified atom stereocenters. The summed E-state index contributed by atoms with van der Waals surface area (Å²) < 4.78 is 1.07. The second kappa shape index (κ2) is 4.06. The van der Waals surface area contributed by atoms with Gasteiger partial charge in [0.25, 0.3) is 0 Å². The highest BCUT2D eigenvalue weighted by Gasteiger charge is 2.04. The van der Waals surface area contributed by atoms with E-state index in [9.17, 15) is 0 Å². The molecule has 0 atom stereocenters. The minimum absolute atomic E-state index is 0.757. The number of hydrogen-bond donors (Lipinski definition) is 1. The van der Waals surface area contributed by atoms with Gasteiger partial charge in [-0.15, -0.1) is 11.3 Å². The molecule has 14 heavy (non-hydrogen) atoms. The van der Waals surface area contributed by atoms with Gasteiger partial charge in [-0.2, -0.15) is 0 Å². The molecule has 0 radical (unpaired) electrons. The molecule has 2 heterocycles. The summed E-state index contributed by atoms with van der Waals surface area (Å²) in [6.07, 6.45) is 1.75. The SMILES string of the molecule is CNc1ccnc(-c2cc(Br)cs2)n1. The summed E-state index contributed by atoms with van der Waals surface area (Å²) in [5, 5.41) is 5.00. The lowest BCUT2D eigenvalue weighted by molar-refractivity contribution is 1.18. The first-order chi connectivity index (χ1) is 6.79. The molecule has 0 amide bonds. The summed E-state index contributed by atoms with van der Waals surface area (Å²) in [6, 6.07) is 3.85. The smallest absolute Gasteiger partial charge is 0.171 e. The number of hydrogen-bond acceptors (Lipinski definition) is 4. The molecule has 0 saturated heterocycles. The lowest BCUT2D eigenvalue weighted by Gasteiger charge is -1.99. The van der Waals surface area contributed by atoms with Gasteiger partial charge in [0.15, 0.2) is 5.82 Å². The Kier molecular flexibility index (Phi) is 2.79. The van der Waals surface area contributed by atoms with Crippen molar-refractivity contribution >= 4 is 33.1 Å². The molecule has 3 nitrogen and oxygen atoms in total. The Hall–Kier alpha value is -0.940. The van der Waals surface area contributed by atoms with Crippen LogP contribution in [0.25, 0.3) is 10.7 Å². The highest BCUT2D eigenvalue weighted by Crippen LogP contribution is 2.27. The molecular weight excluding hydrogens is 262 g/mol. The highest BCUT2D eigenvalue weighted by molar-refractivity contribution is 9.10. The zero-order chi connectivity index (χ0) is 9.97. The van der Waals surface area contributed by atoms with Crippen LogP contribution in [-0.4, -0.2) is 17.0 Å². The number of thiophene rings is 1. The van der Waals surface area contributed by atoms with Crippen LogP contribution in [0.3, 0.4) is 0 Å². The van der Waals surface area contributed by atoms with Crippen LogP contribution in [0.1, 0.15) is 0 Å². The minimum atomic E-state index is 0.757. The Balaban J connectivity index is 2.41.